The van der Waals surface area contributed by atoms with E-state index in [-0.39, 0.29) is 5.54 Å². The number of pyridine rings is 1. The second-order valence-electron chi connectivity index (χ2n) is 4.25. The first-order valence-corrected chi connectivity index (χ1v) is 5.01. The first kappa shape index (κ1) is 11.0. The Hall–Kier alpha value is -1.09. The van der Waals surface area contributed by atoms with Gasteiger partial charge in [0.2, 0.25) is 0 Å². The average Bonchev–Trinajstić information content (AvgIpc) is 2.13. The van der Waals surface area contributed by atoms with E-state index in [1.54, 1.807) is 12.4 Å². The highest BCUT2D eigenvalue weighted by Gasteiger charge is 2.08. The second-order valence-corrected chi connectivity index (χ2v) is 4.25. The van der Waals surface area contributed by atoms with E-state index in [0.717, 1.165) is 25.1 Å². The van der Waals surface area contributed by atoms with Gasteiger partial charge in [-0.05, 0) is 38.8 Å². The molecule has 0 atom stereocenters. The zero-order valence-electron chi connectivity index (χ0n) is 8.96. The molecule has 0 unspecified atom stereocenters. The highest BCUT2D eigenvalue weighted by molar-refractivity contribution is 5.40. The molecule has 0 saturated heterocycles. The molecule has 78 valence electrons. The molecule has 0 aromatic carbocycles. The summed E-state index contributed by atoms with van der Waals surface area (Å²) >= 11 is 0. The summed E-state index contributed by atoms with van der Waals surface area (Å²) in [7, 11) is 0. The molecule has 14 heavy (non-hydrogen) atoms. The summed E-state index contributed by atoms with van der Waals surface area (Å²) in [6.07, 6.45) is 5.70. The summed E-state index contributed by atoms with van der Waals surface area (Å²) in [6.45, 7) is 5.07. The number of nitrogens with two attached hydrogens (primary N) is 1. The number of aromatic nitrogens is 1. The molecule has 0 radical (unpaired) electrons. The molecule has 3 heteroatoms. The van der Waals surface area contributed by atoms with Gasteiger partial charge in [-0.2, -0.15) is 0 Å². The van der Waals surface area contributed by atoms with Gasteiger partial charge in [0.25, 0.3) is 0 Å². The minimum absolute atomic E-state index is 0.0556. The van der Waals surface area contributed by atoms with Gasteiger partial charge in [0.15, 0.2) is 0 Å². The standard InChI is InChI=1S/C11H19N3/c1-11(2,12)6-3-7-14-10-4-8-13-9-5-10/h4-5,8-9H,3,6-7,12H2,1-2H3,(H,13,14). The van der Waals surface area contributed by atoms with E-state index >= 15 is 0 Å². The van der Waals surface area contributed by atoms with Gasteiger partial charge in [0.05, 0.1) is 0 Å². The molecule has 0 spiro atoms. The zero-order chi connectivity index (χ0) is 10.4. The highest BCUT2D eigenvalue weighted by Crippen LogP contribution is 2.08. The maximum atomic E-state index is 5.88. The first-order chi connectivity index (χ1) is 6.58. The topological polar surface area (TPSA) is 50.9 Å². The third-order valence-electron chi connectivity index (χ3n) is 2.01. The van der Waals surface area contributed by atoms with Crippen molar-refractivity contribution in [2.24, 2.45) is 5.73 Å². The summed E-state index contributed by atoms with van der Waals surface area (Å²) in [5.41, 5.74) is 6.94. The first-order valence-electron chi connectivity index (χ1n) is 5.01. The van der Waals surface area contributed by atoms with Gasteiger partial charge < -0.3 is 11.1 Å². The highest BCUT2D eigenvalue weighted by atomic mass is 14.9. The number of hydrogen-bond donors (Lipinski definition) is 2. The normalized spacial score (nSPS) is 11.4. The van der Waals surface area contributed by atoms with Crippen LogP contribution in [0.15, 0.2) is 24.5 Å². The maximum Gasteiger partial charge on any atom is 0.0371 e. The fourth-order valence-corrected chi connectivity index (χ4v) is 1.25. The van der Waals surface area contributed by atoms with Crippen molar-refractivity contribution in [3.63, 3.8) is 0 Å². The quantitative estimate of drug-likeness (QED) is 0.703. The van der Waals surface area contributed by atoms with Crippen molar-refractivity contribution in [3.05, 3.63) is 24.5 Å². The number of nitrogens with zero attached hydrogens (tertiary/aromatic N) is 1. The molecule has 0 amide bonds. The van der Waals surface area contributed by atoms with Crippen molar-refractivity contribution in [1.29, 1.82) is 0 Å². The van der Waals surface area contributed by atoms with Crippen LogP contribution in [0.5, 0.6) is 0 Å². The van der Waals surface area contributed by atoms with Crippen LogP contribution < -0.4 is 11.1 Å². The maximum absolute atomic E-state index is 5.88. The molecule has 1 aromatic heterocycles. The summed E-state index contributed by atoms with van der Waals surface area (Å²) in [5.74, 6) is 0. The van der Waals surface area contributed by atoms with Gasteiger partial charge in [-0.3, -0.25) is 4.98 Å². The van der Waals surface area contributed by atoms with Crippen LogP contribution in [0.2, 0.25) is 0 Å². The lowest BCUT2D eigenvalue weighted by molar-refractivity contribution is 0.465. The van der Waals surface area contributed by atoms with Gasteiger partial charge in [0, 0.05) is 30.2 Å². The number of anilines is 1. The molecule has 1 aromatic rings. The molecule has 3 nitrogen and oxygen atoms in total. The third-order valence-corrected chi connectivity index (χ3v) is 2.01. The molecular weight excluding hydrogens is 174 g/mol. The van der Waals surface area contributed by atoms with Crippen molar-refractivity contribution in [2.45, 2.75) is 32.2 Å². The van der Waals surface area contributed by atoms with Crippen molar-refractivity contribution in [3.8, 4) is 0 Å². The van der Waals surface area contributed by atoms with E-state index in [1.807, 2.05) is 12.1 Å². The molecule has 0 aliphatic carbocycles. The monoisotopic (exact) mass is 193 g/mol. The molecule has 0 bridgehead atoms. The predicted octanol–water partition coefficient (Wildman–Crippen LogP) is 2.01. The largest absolute Gasteiger partial charge is 0.385 e. The molecule has 3 N–H and O–H groups in total. The van der Waals surface area contributed by atoms with Crippen LogP contribution in [0, 0.1) is 0 Å². The summed E-state index contributed by atoms with van der Waals surface area (Å²) < 4.78 is 0. The van der Waals surface area contributed by atoms with E-state index in [4.69, 9.17) is 5.73 Å². The van der Waals surface area contributed by atoms with Gasteiger partial charge in [-0.1, -0.05) is 0 Å². The minimum Gasteiger partial charge on any atom is -0.385 e. The van der Waals surface area contributed by atoms with E-state index in [9.17, 15) is 0 Å². The Bertz CT molecular complexity index is 251. The summed E-state index contributed by atoms with van der Waals surface area (Å²) in [6, 6.07) is 3.93. The Morgan fingerprint density at radius 3 is 2.57 bits per heavy atom. The van der Waals surface area contributed by atoms with Crippen molar-refractivity contribution in [1.82, 2.24) is 4.98 Å². The van der Waals surface area contributed by atoms with Gasteiger partial charge in [-0.25, -0.2) is 0 Å². The Morgan fingerprint density at radius 2 is 2.00 bits per heavy atom. The van der Waals surface area contributed by atoms with Crippen LogP contribution in [0.4, 0.5) is 5.69 Å². The lowest BCUT2D eigenvalue weighted by atomic mass is 10.0. The van der Waals surface area contributed by atoms with Crippen LogP contribution in [0.25, 0.3) is 0 Å². The van der Waals surface area contributed by atoms with Gasteiger partial charge >= 0.3 is 0 Å². The zero-order valence-corrected chi connectivity index (χ0v) is 8.96. The number of rotatable bonds is 5. The van der Waals surface area contributed by atoms with E-state index in [1.165, 1.54) is 0 Å². The number of nitrogens with one attached hydrogen (secondary N) is 1. The summed E-state index contributed by atoms with van der Waals surface area (Å²) in [4.78, 5) is 3.95. The van der Waals surface area contributed by atoms with E-state index in [0.29, 0.717) is 0 Å². The molecular formula is C11H19N3. The SMILES string of the molecule is CC(C)(N)CCCNc1ccncc1. The van der Waals surface area contributed by atoms with E-state index in [2.05, 4.69) is 24.1 Å². The fraction of sp³-hybridized carbons (Fsp3) is 0.545. The fourth-order valence-electron chi connectivity index (χ4n) is 1.25. The van der Waals surface area contributed by atoms with Crippen molar-refractivity contribution >= 4 is 5.69 Å². The number of hydrogen-bond acceptors (Lipinski definition) is 3. The van der Waals surface area contributed by atoms with E-state index < -0.39 is 0 Å². The van der Waals surface area contributed by atoms with Gasteiger partial charge in [-0.15, -0.1) is 0 Å². The minimum atomic E-state index is -0.0556. The Morgan fingerprint density at radius 1 is 1.36 bits per heavy atom. The van der Waals surface area contributed by atoms with Crippen molar-refractivity contribution in [2.75, 3.05) is 11.9 Å². The molecule has 0 aliphatic heterocycles. The summed E-state index contributed by atoms with van der Waals surface area (Å²) in [5, 5.41) is 3.32. The predicted molar refractivity (Wildman–Crippen MR) is 60.2 cm³/mol. The van der Waals surface area contributed by atoms with Gasteiger partial charge in [0.1, 0.15) is 0 Å². The lowest BCUT2D eigenvalue weighted by Gasteiger charge is -2.18. The Kier molecular flexibility index (Phi) is 3.89. The van der Waals surface area contributed by atoms with Crippen molar-refractivity contribution < 1.29 is 0 Å². The average molecular weight is 193 g/mol. The Labute approximate surface area is 85.7 Å². The molecule has 0 saturated carbocycles. The smallest absolute Gasteiger partial charge is 0.0371 e. The lowest BCUT2D eigenvalue weighted by Crippen LogP contribution is -2.32. The molecule has 0 fully saturated rings. The third kappa shape index (κ3) is 4.82. The molecule has 1 heterocycles. The van der Waals surface area contributed by atoms with Crippen LogP contribution in [0.3, 0.4) is 0 Å². The Balaban J connectivity index is 2.17. The molecule has 0 aliphatic rings. The molecule has 1 rings (SSSR count). The van der Waals surface area contributed by atoms with Crippen LogP contribution in [-0.2, 0) is 0 Å². The van der Waals surface area contributed by atoms with Crippen LogP contribution in [-0.4, -0.2) is 17.1 Å². The second kappa shape index (κ2) is 4.96. The van der Waals surface area contributed by atoms with Crippen LogP contribution >= 0.6 is 0 Å². The van der Waals surface area contributed by atoms with Crippen LogP contribution in [0.1, 0.15) is 26.7 Å².